The summed E-state index contributed by atoms with van der Waals surface area (Å²) < 4.78 is 23.1. The van der Waals surface area contributed by atoms with E-state index >= 15 is 0 Å². The quantitative estimate of drug-likeness (QED) is 0.638. The lowest BCUT2D eigenvalue weighted by molar-refractivity contribution is -0.160. The summed E-state index contributed by atoms with van der Waals surface area (Å²) in [5, 5.41) is 3.02. The van der Waals surface area contributed by atoms with Crippen LogP contribution in [0.5, 0.6) is 5.75 Å². The van der Waals surface area contributed by atoms with Crippen molar-refractivity contribution in [1.29, 1.82) is 0 Å². The molecule has 4 aliphatic heterocycles. The standard InChI is InChI=1S/C26H34N2O7/c1-32-26(31)23-24-19-15-28(23)25(30)22(17-8-3-2-4-9-17)27-20(29)14-16-7-5-10-18(13-16)33-12-6-11-21(34-19)35-24/h5,7,10,13,17,19,21-24H,2-4,6,8-9,11-12,14-15H2,1H3,(H,27,29)/t19-,21-,22?,23-,24-/m0/s1. The van der Waals surface area contributed by atoms with Crippen LogP contribution in [-0.2, 0) is 35.0 Å². The van der Waals surface area contributed by atoms with E-state index in [4.69, 9.17) is 18.9 Å². The Labute approximate surface area is 205 Å². The Balaban J connectivity index is 1.45. The van der Waals surface area contributed by atoms with Crippen LogP contribution >= 0.6 is 0 Å². The summed E-state index contributed by atoms with van der Waals surface area (Å²) in [6, 6.07) is 5.87. The Morgan fingerprint density at radius 2 is 1.91 bits per heavy atom. The number of carbonyl (C=O) groups excluding carboxylic acids is 3. The molecule has 1 N–H and O–H groups in total. The van der Waals surface area contributed by atoms with E-state index < -0.39 is 36.6 Å². The molecule has 0 aromatic heterocycles. The molecule has 4 heterocycles. The zero-order valence-electron chi connectivity index (χ0n) is 20.1. The Morgan fingerprint density at radius 3 is 2.71 bits per heavy atom. The third-order valence-corrected chi connectivity index (χ3v) is 7.57. The van der Waals surface area contributed by atoms with Gasteiger partial charge in [0, 0.05) is 6.42 Å². The number of fused-ring (bicyclic) bond motifs is 7. The minimum Gasteiger partial charge on any atom is -0.494 e. The van der Waals surface area contributed by atoms with Gasteiger partial charge in [0.05, 0.1) is 26.7 Å². The maximum atomic E-state index is 13.9. The lowest BCUT2D eigenvalue weighted by Crippen LogP contribution is -2.56. The normalized spacial score (nSPS) is 32.1. The Bertz CT molecular complexity index is 947. The van der Waals surface area contributed by atoms with Crippen molar-refractivity contribution in [2.45, 2.75) is 81.9 Å². The maximum absolute atomic E-state index is 13.9. The van der Waals surface area contributed by atoms with Crippen LogP contribution in [0.4, 0.5) is 0 Å². The van der Waals surface area contributed by atoms with Gasteiger partial charge in [-0.25, -0.2) is 4.79 Å². The number of hydrogen-bond acceptors (Lipinski definition) is 7. The van der Waals surface area contributed by atoms with Crippen LogP contribution in [0.1, 0.15) is 50.5 Å². The van der Waals surface area contributed by atoms with Crippen molar-refractivity contribution in [3.8, 4) is 5.75 Å². The maximum Gasteiger partial charge on any atom is 0.331 e. The van der Waals surface area contributed by atoms with Gasteiger partial charge < -0.3 is 29.2 Å². The first kappa shape index (κ1) is 24.1. The van der Waals surface area contributed by atoms with E-state index in [-0.39, 0.29) is 30.7 Å². The van der Waals surface area contributed by atoms with Gasteiger partial charge >= 0.3 is 5.97 Å². The Kier molecular flexibility index (Phi) is 7.24. The summed E-state index contributed by atoms with van der Waals surface area (Å²) in [4.78, 5) is 41.4. The van der Waals surface area contributed by atoms with Gasteiger partial charge in [-0.1, -0.05) is 31.4 Å². The Hall–Kier alpha value is -2.65. The van der Waals surface area contributed by atoms with Gasteiger partial charge in [-0.3, -0.25) is 9.59 Å². The lowest BCUT2D eigenvalue weighted by atomic mass is 9.83. The van der Waals surface area contributed by atoms with Gasteiger partial charge in [-0.2, -0.15) is 0 Å². The molecular weight excluding hydrogens is 452 g/mol. The molecular formula is C26H34N2O7. The molecule has 1 unspecified atom stereocenters. The number of hydrogen-bond donors (Lipinski definition) is 1. The minimum absolute atomic E-state index is 0.0188. The minimum atomic E-state index is -0.896. The molecule has 190 valence electrons. The monoisotopic (exact) mass is 486 g/mol. The number of nitrogens with one attached hydrogen (secondary N) is 1. The smallest absolute Gasteiger partial charge is 0.331 e. The molecule has 1 aliphatic carbocycles. The van der Waals surface area contributed by atoms with Crippen LogP contribution in [0.25, 0.3) is 0 Å². The van der Waals surface area contributed by atoms with Crippen molar-refractivity contribution >= 4 is 17.8 Å². The summed E-state index contributed by atoms with van der Waals surface area (Å²) in [5.74, 6) is -0.298. The number of methoxy groups -OCH3 is 1. The highest BCUT2D eigenvalue weighted by atomic mass is 16.7. The largest absolute Gasteiger partial charge is 0.494 e. The van der Waals surface area contributed by atoms with Crippen LogP contribution in [0.15, 0.2) is 24.3 Å². The molecule has 3 fully saturated rings. The molecule has 9 heteroatoms. The number of rotatable bonds is 2. The molecule has 2 saturated heterocycles. The number of benzene rings is 1. The van der Waals surface area contributed by atoms with Gasteiger partial charge in [-0.05, 0) is 42.9 Å². The van der Waals surface area contributed by atoms with Crippen molar-refractivity contribution in [2.75, 3.05) is 20.3 Å². The van der Waals surface area contributed by atoms with Crippen molar-refractivity contribution in [3.05, 3.63) is 29.8 Å². The number of ether oxygens (including phenoxy) is 4. The average Bonchev–Trinajstić information content (AvgIpc) is 3.42. The van der Waals surface area contributed by atoms with Gasteiger partial charge in [0.2, 0.25) is 11.8 Å². The molecule has 1 saturated carbocycles. The Morgan fingerprint density at radius 1 is 1.09 bits per heavy atom. The second kappa shape index (κ2) is 10.5. The number of amides is 2. The fourth-order valence-corrected chi connectivity index (χ4v) is 5.84. The fourth-order valence-electron chi connectivity index (χ4n) is 5.84. The van der Waals surface area contributed by atoms with Crippen LogP contribution in [0.3, 0.4) is 0 Å². The van der Waals surface area contributed by atoms with Crippen molar-refractivity contribution in [3.63, 3.8) is 0 Å². The molecule has 6 bridgehead atoms. The van der Waals surface area contributed by atoms with Gasteiger partial charge in [-0.15, -0.1) is 0 Å². The summed E-state index contributed by atoms with van der Waals surface area (Å²) in [6.45, 7) is 0.707. The molecule has 0 radical (unpaired) electrons. The van der Waals surface area contributed by atoms with Crippen molar-refractivity contribution < 1.29 is 33.3 Å². The highest BCUT2D eigenvalue weighted by Crippen LogP contribution is 2.36. The summed E-state index contributed by atoms with van der Waals surface area (Å²) in [5.41, 5.74) is 0.821. The number of carbonyl (C=O) groups is 3. The van der Waals surface area contributed by atoms with E-state index in [0.29, 0.717) is 25.2 Å². The molecule has 1 aromatic rings. The molecule has 2 amide bonds. The van der Waals surface area contributed by atoms with Crippen LogP contribution in [0.2, 0.25) is 0 Å². The molecule has 5 atom stereocenters. The van der Waals surface area contributed by atoms with Gasteiger partial charge in [0.1, 0.15) is 24.0 Å². The van der Waals surface area contributed by atoms with Gasteiger partial charge in [0.15, 0.2) is 12.3 Å². The topological polar surface area (TPSA) is 103 Å². The van der Waals surface area contributed by atoms with Gasteiger partial charge in [0.25, 0.3) is 0 Å². The predicted octanol–water partition coefficient (Wildman–Crippen LogP) is 1.96. The first-order chi connectivity index (χ1) is 17.0. The van der Waals surface area contributed by atoms with E-state index in [1.54, 1.807) is 0 Å². The highest BCUT2D eigenvalue weighted by molar-refractivity contribution is 5.92. The van der Waals surface area contributed by atoms with Crippen LogP contribution in [-0.4, -0.2) is 73.5 Å². The number of esters is 1. The average molecular weight is 487 g/mol. The molecule has 9 nitrogen and oxygen atoms in total. The lowest BCUT2D eigenvalue weighted by Gasteiger charge is -2.35. The third-order valence-electron chi connectivity index (χ3n) is 7.57. The molecule has 1 aromatic carbocycles. The zero-order valence-corrected chi connectivity index (χ0v) is 20.1. The highest BCUT2D eigenvalue weighted by Gasteiger charge is 2.56. The summed E-state index contributed by atoms with van der Waals surface area (Å²) in [7, 11) is 1.31. The zero-order chi connectivity index (χ0) is 24.4. The number of nitrogens with zero attached hydrogens (tertiary/aromatic N) is 1. The van der Waals surface area contributed by atoms with Crippen molar-refractivity contribution in [2.24, 2.45) is 5.92 Å². The third kappa shape index (κ3) is 5.16. The molecule has 5 aliphatic rings. The molecule has 35 heavy (non-hydrogen) atoms. The van der Waals surface area contributed by atoms with E-state index in [0.717, 1.165) is 37.7 Å². The first-order valence-corrected chi connectivity index (χ1v) is 12.7. The van der Waals surface area contributed by atoms with Crippen LogP contribution < -0.4 is 10.1 Å². The van der Waals surface area contributed by atoms with E-state index in [1.165, 1.54) is 12.0 Å². The molecule has 0 spiro atoms. The first-order valence-electron chi connectivity index (χ1n) is 12.7. The van der Waals surface area contributed by atoms with E-state index in [2.05, 4.69) is 5.32 Å². The second-order valence-electron chi connectivity index (χ2n) is 9.92. The summed E-state index contributed by atoms with van der Waals surface area (Å²) in [6.07, 6.45) is 4.86. The predicted molar refractivity (Wildman–Crippen MR) is 124 cm³/mol. The van der Waals surface area contributed by atoms with E-state index in [9.17, 15) is 14.4 Å². The summed E-state index contributed by atoms with van der Waals surface area (Å²) >= 11 is 0. The van der Waals surface area contributed by atoms with Crippen molar-refractivity contribution in [1.82, 2.24) is 10.2 Å². The fraction of sp³-hybridized carbons (Fsp3) is 0.654. The SMILES string of the molecule is COC(=O)[C@@H]1[C@H]2O[C@H]3CCCOc4cccc(c4)CC(=O)NC(C4CCCCC4)C(=O)N1C[C@@H]2O3. The molecule has 6 rings (SSSR count). The second-order valence-corrected chi connectivity index (χ2v) is 9.92. The van der Waals surface area contributed by atoms with Crippen LogP contribution in [0, 0.1) is 5.92 Å². The van der Waals surface area contributed by atoms with E-state index in [1.807, 2.05) is 24.3 Å².